The molecule has 0 amide bonds. The van der Waals surface area contributed by atoms with Gasteiger partial charge in [0.25, 0.3) is 0 Å². The Balaban J connectivity index is 2.21. The van der Waals surface area contributed by atoms with Crippen LogP contribution in [0.2, 0.25) is 5.02 Å². The summed E-state index contributed by atoms with van der Waals surface area (Å²) in [6.45, 7) is 4.38. The fourth-order valence-corrected chi connectivity index (χ4v) is 2.92. The second-order valence-electron chi connectivity index (χ2n) is 5.53. The summed E-state index contributed by atoms with van der Waals surface area (Å²) in [6.07, 6.45) is 1.24. The van der Waals surface area contributed by atoms with Crippen LogP contribution in [0.15, 0.2) is 18.2 Å². The fourth-order valence-electron chi connectivity index (χ4n) is 2.57. The van der Waals surface area contributed by atoms with Gasteiger partial charge >= 0.3 is 0 Å². The van der Waals surface area contributed by atoms with Crippen molar-refractivity contribution in [3.8, 4) is 0 Å². The SMILES string of the molecule is COC1CC(Nc2cc(Cl)ccc2C(N)=S)C1(C)C. The number of halogens is 1. The lowest BCUT2D eigenvalue weighted by atomic mass is 9.64. The summed E-state index contributed by atoms with van der Waals surface area (Å²) in [4.78, 5) is 0.375. The zero-order chi connectivity index (χ0) is 14.2. The van der Waals surface area contributed by atoms with Gasteiger partial charge in [-0.25, -0.2) is 0 Å². The Morgan fingerprint density at radius 2 is 2.21 bits per heavy atom. The molecule has 0 radical (unpaired) electrons. The molecule has 104 valence electrons. The van der Waals surface area contributed by atoms with E-state index in [9.17, 15) is 0 Å². The van der Waals surface area contributed by atoms with Crippen molar-refractivity contribution in [2.75, 3.05) is 12.4 Å². The van der Waals surface area contributed by atoms with E-state index in [-0.39, 0.29) is 11.5 Å². The largest absolute Gasteiger partial charge is 0.389 e. The second kappa shape index (κ2) is 5.27. The van der Waals surface area contributed by atoms with Gasteiger partial charge in [0.2, 0.25) is 0 Å². The van der Waals surface area contributed by atoms with Gasteiger partial charge in [-0.2, -0.15) is 0 Å². The monoisotopic (exact) mass is 298 g/mol. The lowest BCUT2D eigenvalue weighted by Gasteiger charge is -2.51. The Bertz CT molecular complexity index is 504. The van der Waals surface area contributed by atoms with Gasteiger partial charge in [-0.1, -0.05) is 37.7 Å². The highest BCUT2D eigenvalue weighted by Gasteiger charge is 2.48. The number of nitrogens with one attached hydrogen (secondary N) is 1. The number of nitrogens with two attached hydrogens (primary N) is 1. The lowest BCUT2D eigenvalue weighted by molar-refractivity contribution is -0.0794. The van der Waals surface area contributed by atoms with Gasteiger partial charge in [-0.3, -0.25) is 0 Å². The van der Waals surface area contributed by atoms with Gasteiger partial charge in [0.15, 0.2) is 0 Å². The molecule has 1 aromatic carbocycles. The molecule has 19 heavy (non-hydrogen) atoms. The van der Waals surface area contributed by atoms with E-state index in [0.29, 0.717) is 16.1 Å². The Hall–Kier alpha value is -0.840. The van der Waals surface area contributed by atoms with Crippen molar-refractivity contribution in [3.63, 3.8) is 0 Å². The maximum Gasteiger partial charge on any atom is 0.106 e. The normalized spacial score (nSPS) is 24.6. The van der Waals surface area contributed by atoms with E-state index in [1.807, 2.05) is 12.1 Å². The van der Waals surface area contributed by atoms with E-state index in [1.54, 1.807) is 13.2 Å². The molecule has 0 spiro atoms. The van der Waals surface area contributed by atoms with Crippen molar-refractivity contribution >= 4 is 34.5 Å². The fraction of sp³-hybridized carbons (Fsp3) is 0.500. The van der Waals surface area contributed by atoms with Gasteiger partial charge < -0.3 is 15.8 Å². The van der Waals surface area contributed by atoms with Crippen molar-refractivity contribution < 1.29 is 4.74 Å². The summed E-state index contributed by atoms with van der Waals surface area (Å²) < 4.78 is 5.45. The molecule has 3 nitrogen and oxygen atoms in total. The molecule has 2 atom stereocenters. The van der Waals surface area contributed by atoms with Crippen LogP contribution in [0.25, 0.3) is 0 Å². The van der Waals surface area contributed by atoms with Crippen molar-refractivity contribution in [1.29, 1.82) is 0 Å². The molecule has 0 heterocycles. The molecule has 2 unspecified atom stereocenters. The number of hydrogen-bond acceptors (Lipinski definition) is 3. The summed E-state index contributed by atoms with van der Waals surface area (Å²) in [6, 6.07) is 5.84. The maximum atomic E-state index is 6.04. The minimum Gasteiger partial charge on any atom is -0.389 e. The van der Waals surface area contributed by atoms with Crippen LogP contribution in [-0.4, -0.2) is 24.2 Å². The van der Waals surface area contributed by atoms with Crippen molar-refractivity contribution in [1.82, 2.24) is 0 Å². The number of benzene rings is 1. The molecular weight excluding hydrogens is 280 g/mol. The van der Waals surface area contributed by atoms with Crippen LogP contribution in [0.4, 0.5) is 5.69 Å². The van der Waals surface area contributed by atoms with Crippen LogP contribution in [0, 0.1) is 5.41 Å². The molecule has 3 N–H and O–H groups in total. The Labute approximate surface area is 124 Å². The Kier molecular flexibility index (Phi) is 4.04. The standard InChI is InChI=1S/C14H19ClN2OS/c1-14(2)11(7-12(14)18-3)17-10-6-8(15)4-5-9(10)13(16)19/h4-6,11-12,17H,7H2,1-3H3,(H2,16,19). The van der Waals surface area contributed by atoms with Crippen LogP contribution in [-0.2, 0) is 4.74 Å². The third-order valence-corrected chi connectivity index (χ3v) is 4.49. The van der Waals surface area contributed by atoms with Crippen LogP contribution < -0.4 is 11.1 Å². The third kappa shape index (κ3) is 2.71. The molecule has 5 heteroatoms. The van der Waals surface area contributed by atoms with Crippen LogP contribution >= 0.6 is 23.8 Å². The number of anilines is 1. The molecule has 0 saturated heterocycles. The number of rotatable bonds is 4. The van der Waals surface area contributed by atoms with E-state index in [4.69, 9.17) is 34.3 Å². The predicted octanol–water partition coefficient (Wildman–Crippen LogP) is 3.20. The summed E-state index contributed by atoms with van der Waals surface area (Å²) in [7, 11) is 1.75. The number of ether oxygens (including phenoxy) is 1. The topological polar surface area (TPSA) is 47.3 Å². The molecule has 1 aliphatic carbocycles. The lowest BCUT2D eigenvalue weighted by Crippen LogP contribution is -2.57. The molecule has 1 saturated carbocycles. The molecule has 0 aromatic heterocycles. The summed E-state index contributed by atoms with van der Waals surface area (Å²) in [5.41, 5.74) is 7.54. The van der Waals surface area contributed by atoms with E-state index in [1.165, 1.54) is 0 Å². The Morgan fingerprint density at radius 1 is 1.53 bits per heavy atom. The van der Waals surface area contributed by atoms with Crippen LogP contribution in [0.5, 0.6) is 0 Å². The van der Waals surface area contributed by atoms with Crippen molar-refractivity contribution in [3.05, 3.63) is 28.8 Å². The first-order valence-corrected chi connectivity index (χ1v) is 7.03. The molecule has 2 rings (SSSR count). The van der Waals surface area contributed by atoms with Crippen LogP contribution in [0.3, 0.4) is 0 Å². The number of methoxy groups -OCH3 is 1. The van der Waals surface area contributed by atoms with Crippen LogP contribution in [0.1, 0.15) is 25.8 Å². The summed E-state index contributed by atoms with van der Waals surface area (Å²) in [5, 5.41) is 4.16. The highest BCUT2D eigenvalue weighted by atomic mass is 35.5. The van der Waals surface area contributed by atoms with Crippen molar-refractivity contribution in [2.45, 2.75) is 32.4 Å². The zero-order valence-electron chi connectivity index (χ0n) is 11.4. The third-order valence-electron chi connectivity index (χ3n) is 4.04. The van der Waals surface area contributed by atoms with E-state index in [2.05, 4.69) is 19.2 Å². The first-order chi connectivity index (χ1) is 8.86. The highest BCUT2D eigenvalue weighted by molar-refractivity contribution is 7.80. The number of hydrogen-bond donors (Lipinski definition) is 2. The second-order valence-corrected chi connectivity index (χ2v) is 6.41. The maximum absolute atomic E-state index is 6.04. The molecule has 0 bridgehead atoms. The minimum atomic E-state index is 0.0740. The van der Waals surface area contributed by atoms with Gasteiger partial charge in [0, 0.05) is 34.8 Å². The molecule has 1 aromatic rings. The van der Waals surface area contributed by atoms with Gasteiger partial charge in [0.1, 0.15) is 4.99 Å². The van der Waals surface area contributed by atoms with Gasteiger partial charge in [-0.05, 0) is 24.6 Å². The minimum absolute atomic E-state index is 0.0740. The quantitative estimate of drug-likeness (QED) is 0.838. The highest BCUT2D eigenvalue weighted by Crippen LogP contribution is 2.44. The summed E-state index contributed by atoms with van der Waals surface area (Å²) >= 11 is 11.1. The van der Waals surface area contributed by atoms with Gasteiger partial charge in [0.05, 0.1) is 6.10 Å². The molecule has 1 aliphatic rings. The average Bonchev–Trinajstić information content (AvgIpc) is 2.33. The average molecular weight is 299 g/mol. The first kappa shape index (κ1) is 14.6. The zero-order valence-corrected chi connectivity index (χ0v) is 12.9. The van der Waals surface area contributed by atoms with Gasteiger partial charge in [-0.15, -0.1) is 0 Å². The van der Waals surface area contributed by atoms with E-state index >= 15 is 0 Å². The molecular formula is C14H19ClN2OS. The molecule has 0 aliphatic heterocycles. The predicted molar refractivity (Wildman–Crippen MR) is 83.9 cm³/mol. The Morgan fingerprint density at radius 3 is 2.74 bits per heavy atom. The van der Waals surface area contributed by atoms with Crippen molar-refractivity contribution in [2.24, 2.45) is 11.1 Å². The van der Waals surface area contributed by atoms with E-state index in [0.717, 1.165) is 17.7 Å². The first-order valence-electron chi connectivity index (χ1n) is 6.25. The smallest absolute Gasteiger partial charge is 0.106 e. The summed E-state index contributed by atoms with van der Waals surface area (Å²) in [5.74, 6) is 0. The number of thiocarbonyl (C=S) groups is 1. The molecule has 1 fully saturated rings. The van der Waals surface area contributed by atoms with E-state index < -0.39 is 0 Å².